The summed E-state index contributed by atoms with van der Waals surface area (Å²) in [4.78, 5) is 12.4. The predicted molar refractivity (Wildman–Crippen MR) is 90.9 cm³/mol. The number of halogens is 1. The van der Waals surface area contributed by atoms with Crippen molar-refractivity contribution in [3.05, 3.63) is 26.6 Å². The van der Waals surface area contributed by atoms with Gasteiger partial charge in [-0.15, -0.1) is 0 Å². The second-order valence-electron chi connectivity index (χ2n) is 6.79. The van der Waals surface area contributed by atoms with Gasteiger partial charge in [0.25, 0.3) is 0 Å². The summed E-state index contributed by atoms with van der Waals surface area (Å²) in [5.41, 5.74) is -0.0378. The van der Waals surface area contributed by atoms with Crippen LogP contribution in [0.2, 0.25) is 0 Å². The number of nitrogens with zero attached hydrogens (tertiary/aromatic N) is 1. The molecule has 1 fully saturated rings. The molecule has 0 amide bonds. The van der Waals surface area contributed by atoms with Crippen LogP contribution in [-0.4, -0.2) is 29.5 Å². The van der Waals surface area contributed by atoms with Gasteiger partial charge < -0.3 is 19.1 Å². The number of methoxy groups -OCH3 is 1. The molecule has 0 bridgehead atoms. The van der Waals surface area contributed by atoms with Crippen LogP contribution in [0.15, 0.2) is 15.5 Å². The van der Waals surface area contributed by atoms with Crippen LogP contribution in [0.3, 0.4) is 0 Å². The van der Waals surface area contributed by atoms with Crippen molar-refractivity contribution in [1.29, 1.82) is 0 Å². The third-order valence-electron chi connectivity index (χ3n) is 5.41. The summed E-state index contributed by atoms with van der Waals surface area (Å²) in [7, 11) is 1.48. The van der Waals surface area contributed by atoms with E-state index >= 15 is 0 Å². The zero-order chi connectivity index (χ0) is 16.8. The molecule has 0 saturated carbocycles. The number of aromatic nitrogens is 1. The van der Waals surface area contributed by atoms with Crippen molar-refractivity contribution in [1.82, 2.24) is 4.57 Å². The molecule has 0 aromatic carbocycles. The zero-order valence-corrected chi connectivity index (χ0v) is 15.4. The molecule has 0 aliphatic carbocycles. The number of aliphatic hydroxyl groups excluding tert-OH is 1. The molecule has 5 nitrogen and oxygen atoms in total. The number of aliphatic hydroxyl groups is 1. The van der Waals surface area contributed by atoms with Gasteiger partial charge in [0.15, 0.2) is 5.75 Å². The number of rotatable bonds is 4. The van der Waals surface area contributed by atoms with E-state index in [0.29, 0.717) is 16.8 Å². The molecule has 1 aromatic heterocycles. The highest BCUT2D eigenvalue weighted by Crippen LogP contribution is 2.54. The minimum absolute atomic E-state index is 0.0457. The smallest absolute Gasteiger partial charge is 0.237 e. The monoisotopic (exact) mass is 385 g/mol. The molecule has 0 spiro atoms. The first-order valence-corrected chi connectivity index (χ1v) is 9.03. The van der Waals surface area contributed by atoms with Gasteiger partial charge in [-0.25, -0.2) is 0 Å². The molecule has 3 heterocycles. The number of hydrogen-bond acceptors (Lipinski definition) is 4. The molecule has 1 saturated heterocycles. The third kappa shape index (κ3) is 2.46. The maximum atomic E-state index is 12.4. The van der Waals surface area contributed by atoms with Crippen molar-refractivity contribution in [2.75, 3.05) is 13.7 Å². The highest BCUT2D eigenvalue weighted by atomic mass is 79.9. The van der Waals surface area contributed by atoms with E-state index in [1.807, 2.05) is 4.57 Å². The van der Waals surface area contributed by atoms with Crippen LogP contribution >= 0.6 is 15.9 Å². The van der Waals surface area contributed by atoms with Gasteiger partial charge in [-0.3, -0.25) is 4.79 Å². The van der Waals surface area contributed by atoms with Crippen LogP contribution in [0.25, 0.3) is 0 Å². The van der Waals surface area contributed by atoms with Crippen LogP contribution in [0, 0.1) is 5.41 Å². The molecule has 1 N–H and O–H groups in total. The van der Waals surface area contributed by atoms with E-state index in [9.17, 15) is 9.90 Å². The summed E-state index contributed by atoms with van der Waals surface area (Å²) in [6, 6.07) is 0.126. The highest BCUT2D eigenvalue weighted by Gasteiger charge is 2.54. The van der Waals surface area contributed by atoms with Crippen molar-refractivity contribution in [2.45, 2.75) is 57.8 Å². The van der Waals surface area contributed by atoms with Crippen LogP contribution in [0.1, 0.15) is 57.4 Å². The molecule has 6 heteroatoms. The maximum Gasteiger partial charge on any atom is 0.237 e. The van der Waals surface area contributed by atoms with Crippen molar-refractivity contribution in [3.63, 3.8) is 0 Å². The molecule has 2 unspecified atom stereocenters. The van der Waals surface area contributed by atoms with Crippen LogP contribution in [0.4, 0.5) is 0 Å². The Morgan fingerprint density at radius 3 is 2.96 bits per heavy atom. The lowest BCUT2D eigenvalue weighted by atomic mass is 9.68. The van der Waals surface area contributed by atoms with Crippen molar-refractivity contribution in [3.8, 4) is 5.75 Å². The lowest BCUT2D eigenvalue weighted by Gasteiger charge is -2.48. The van der Waals surface area contributed by atoms with E-state index in [1.54, 1.807) is 6.20 Å². The maximum absolute atomic E-state index is 12.4. The normalized spacial score (nSPS) is 32.5. The predicted octanol–water partition coefficient (Wildman–Crippen LogP) is 3.19. The fourth-order valence-corrected chi connectivity index (χ4v) is 4.53. The van der Waals surface area contributed by atoms with Gasteiger partial charge in [0, 0.05) is 18.2 Å². The summed E-state index contributed by atoms with van der Waals surface area (Å²) in [6.07, 6.45) is 4.76. The fourth-order valence-electron chi connectivity index (χ4n) is 4.13. The second kappa shape index (κ2) is 6.22. The van der Waals surface area contributed by atoms with Crippen molar-refractivity contribution < 1.29 is 14.6 Å². The largest absolute Gasteiger partial charge is 0.491 e. The van der Waals surface area contributed by atoms with E-state index in [-0.39, 0.29) is 23.3 Å². The van der Waals surface area contributed by atoms with Crippen LogP contribution in [-0.2, 0) is 4.74 Å². The van der Waals surface area contributed by atoms with Gasteiger partial charge >= 0.3 is 0 Å². The van der Waals surface area contributed by atoms with E-state index < -0.39 is 11.5 Å². The second-order valence-corrected chi connectivity index (χ2v) is 7.65. The molecule has 2 aliphatic rings. The average Bonchev–Trinajstić information content (AvgIpc) is 3.03. The molecule has 1 aromatic rings. The Morgan fingerprint density at radius 2 is 2.30 bits per heavy atom. The van der Waals surface area contributed by atoms with E-state index in [4.69, 9.17) is 9.47 Å². The summed E-state index contributed by atoms with van der Waals surface area (Å²) < 4.78 is 13.8. The Balaban J connectivity index is 2.20. The van der Waals surface area contributed by atoms with Crippen molar-refractivity contribution in [2.24, 2.45) is 5.41 Å². The summed E-state index contributed by atoms with van der Waals surface area (Å²) in [6.45, 7) is 4.89. The zero-order valence-electron chi connectivity index (χ0n) is 13.8. The lowest BCUT2D eigenvalue weighted by Crippen LogP contribution is -2.48. The Bertz CT molecular complexity index is 659. The third-order valence-corrected chi connectivity index (χ3v) is 5.98. The topological polar surface area (TPSA) is 60.7 Å². The first kappa shape index (κ1) is 17.0. The minimum Gasteiger partial charge on any atom is -0.491 e. The summed E-state index contributed by atoms with van der Waals surface area (Å²) >= 11 is 3.32. The first-order valence-electron chi connectivity index (χ1n) is 8.24. The Labute approximate surface area is 144 Å². The Kier molecular flexibility index (Phi) is 4.60. The van der Waals surface area contributed by atoms with Gasteiger partial charge in [-0.1, -0.05) is 26.7 Å². The number of hydrogen-bond donors (Lipinski definition) is 1. The van der Waals surface area contributed by atoms with Crippen LogP contribution in [0.5, 0.6) is 5.75 Å². The molecule has 3 rings (SSSR count). The van der Waals surface area contributed by atoms with E-state index in [2.05, 4.69) is 29.8 Å². The molecule has 0 radical (unpaired) electrons. The molecular formula is C17H24BrNO4. The number of ether oxygens (including phenoxy) is 2. The van der Waals surface area contributed by atoms with E-state index in [1.165, 1.54) is 7.11 Å². The van der Waals surface area contributed by atoms with Crippen molar-refractivity contribution >= 4 is 15.9 Å². The summed E-state index contributed by atoms with van der Waals surface area (Å²) in [5, 5.41) is 11.1. The SMILES string of the molecule is CCCCC1(C)C(O)c2c(OC)c(=O)c(Br)cn2[C@@H]2CCO[C@@H]21. The molecular weight excluding hydrogens is 362 g/mol. The highest BCUT2D eigenvalue weighted by molar-refractivity contribution is 9.10. The number of fused-ring (bicyclic) bond motifs is 3. The van der Waals surface area contributed by atoms with E-state index in [0.717, 1.165) is 25.7 Å². The first-order chi connectivity index (χ1) is 11.0. The lowest BCUT2D eigenvalue weighted by molar-refractivity contribution is -0.109. The molecule has 128 valence electrons. The molecule has 2 aliphatic heterocycles. The molecule has 4 atom stereocenters. The van der Waals surface area contributed by atoms with Crippen LogP contribution < -0.4 is 10.2 Å². The van der Waals surface area contributed by atoms with Gasteiger partial charge in [0.2, 0.25) is 5.43 Å². The Morgan fingerprint density at radius 1 is 1.57 bits per heavy atom. The van der Waals surface area contributed by atoms with Gasteiger partial charge in [0.05, 0.1) is 29.4 Å². The average molecular weight is 386 g/mol. The standard InChI is InChI=1S/C17H24BrNO4/c1-4-5-7-17(2)15(21)12-14(22-3)13(20)10(18)9-19(12)11-6-8-23-16(11)17/h9,11,15-16,21H,4-8H2,1-3H3/t11-,15?,16+,17?/m1/s1. The summed E-state index contributed by atoms with van der Waals surface area (Å²) in [5.74, 6) is 0.236. The number of pyridine rings is 1. The molecule has 23 heavy (non-hydrogen) atoms. The van der Waals surface area contributed by atoms with Gasteiger partial charge in [-0.05, 0) is 28.8 Å². The Hall–Kier alpha value is -0.850. The number of unbranched alkanes of at least 4 members (excludes halogenated alkanes) is 1. The quantitative estimate of drug-likeness (QED) is 0.864. The fraction of sp³-hybridized carbons (Fsp3) is 0.706. The minimum atomic E-state index is -0.788. The van der Waals surface area contributed by atoms with Gasteiger partial charge in [-0.2, -0.15) is 0 Å². The van der Waals surface area contributed by atoms with Gasteiger partial charge in [0.1, 0.15) is 6.10 Å².